The molecule has 1 saturated heterocycles. The van der Waals surface area contributed by atoms with E-state index in [0.717, 1.165) is 49.2 Å². The second-order valence-corrected chi connectivity index (χ2v) is 5.62. The van der Waals surface area contributed by atoms with Gasteiger partial charge in [-0.25, -0.2) is 0 Å². The summed E-state index contributed by atoms with van der Waals surface area (Å²) in [6.07, 6.45) is 4.50. The Morgan fingerprint density at radius 3 is 3.00 bits per heavy atom. The Morgan fingerprint density at radius 2 is 2.45 bits per heavy atom. The van der Waals surface area contributed by atoms with Gasteiger partial charge in [-0.1, -0.05) is 11.6 Å². The van der Waals surface area contributed by atoms with Crippen LogP contribution in [0.2, 0.25) is 5.02 Å². The normalized spacial score (nSPS) is 19.4. The second-order valence-electron chi connectivity index (χ2n) is 5.18. The zero-order valence-corrected chi connectivity index (χ0v) is 13.2. The van der Waals surface area contributed by atoms with Crippen LogP contribution >= 0.6 is 11.6 Å². The molecule has 20 heavy (non-hydrogen) atoms. The van der Waals surface area contributed by atoms with Gasteiger partial charge >= 0.3 is 0 Å². The van der Waals surface area contributed by atoms with Crippen LogP contribution in [0.5, 0.6) is 0 Å². The minimum Gasteiger partial charge on any atom is -0.376 e. The number of hydrogen-bond donors (Lipinski definition) is 1. The number of hydrogen-bond acceptors (Lipinski definition) is 2. The van der Waals surface area contributed by atoms with E-state index >= 15 is 0 Å². The monoisotopic (exact) mass is 298 g/mol. The van der Waals surface area contributed by atoms with E-state index in [1.54, 1.807) is 7.05 Å². The van der Waals surface area contributed by atoms with Gasteiger partial charge in [0.15, 0.2) is 5.96 Å². The van der Waals surface area contributed by atoms with Crippen molar-refractivity contribution in [3.8, 4) is 0 Å². The third-order valence-corrected chi connectivity index (χ3v) is 3.77. The van der Waals surface area contributed by atoms with Gasteiger partial charge in [-0.05, 0) is 18.9 Å². The zero-order chi connectivity index (χ0) is 14.5. The second kappa shape index (κ2) is 6.99. The average molecular weight is 299 g/mol. The molecule has 0 aliphatic carbocycles. The lowest BCUT2D eigenvalue weighted by Crippen LogP contribution is -2.42. The van der Waals surface area contributed by atoms with E-state index < -0.39 is 0 Å². The number of nitrogens with zero attached hydrogens (tertiary/aromatic N) is 3. The maximum Gasteiger partial charge on any atom is 0.193 e. The van der Waals surface area contributed by atoms with Gasteiger partial charge < -0.3 is 19.5 Å². The molecule has 2 heterocycles. The molecule has 6 heteroatoms. The third-order valence-electron chi connectivity index (χ3n) is 3.56. The smallest absolute Gasteiger partial charge is 0.193 e. The Hall–Kier alpha value is -1.20. The van der Waals surface area contributed by atoms with Crippen molar-refractivity contribution in [2.24, 2.45) is 12.0 Å². The van der Waals surface area contributed by atoms with Crippen LogP contribution in [0.15, 0.2) is 17.3 Å². The first-order chi connectivity index (χ1) is 9.60. The summed E-state index contributed by atoms with van der Waals surface area (Å²) in [5.74, 6) is 0.873. The molecule has 1 atom stereocenters. The van der Waals surface area contributed by atoms with Crippen LogP contribution in [0, 0.1) is 0 Å². The number of rotatable bonds is 4. The van der Waals surface area contributed by atoms with Crippen molar-refractivity contribution in [3.63, 3.8) is 0 Å². The predicted molar refractivity (Wildman–Crippen MR) is 82.2 cm³/mol. The van der Waals surface area contributed by atoms with E-state index in [1.165, 1.54) is 0 Å². The van der Waals surface area contributed by atoms with Gasteiger partial charge in [-0.2, -0.15) is 0 Å². The van der Waals surface area contributed by atoms with E-state index in [9.17, 15) is 0 Å². The molecule has 5 nitrogen and oxygen atoms in total. The van der Waals surface area contributed by atoms with Gasteiger partial charge in [0, 0.05) is 46.2 Å². The Labute approximate surface area is 125 Å². The Balaban J connectivity index is 1.88. The molecule has 0 bridgehead atoms. The lowest BCUT2D eigenvalue weighted by molar-refractivity contribution is 0.113. The zero-order valence-electron chi connectivity index (χ0n) is 12.4. The van der Waals surface area contributed by atoms with Gasteiger partial charge in [0.05, 0.1) is 17.7 Å². The van der Waals surface area contributed by atoms with E-state index in [4.69, 9.17) is 16.3 Å². The van der Waals surface area contributed by atoms with Crippen molar-refractivity contribution in [1.29, 1.82) is 0 Å². The SMILES string of the molecule is CN=C(NCC1CCCO1)N(C)Cc1cc(Cl)cn1C. The molecule has 1 aromatic rings. The highest BCUT2D eigenvalue weighted by Crippen LogP contribution is 2.14. The maximum absolute atomic E-state index is 6.01. The standard InChI is InChI=1S/C14H23ClN4O/c1-16-14(17-8-13-5-4-6-20-13)19(3)10-12-7-11(15)9-18(12)2/h7,9,13H,4-6,8,10H2,1-3H3,(H,16,17). The van der Waals surface area contributed by atoms with Crippen molar-refractivity contribution in [3.05, 3.63) is 23.0 Å². The Morgan fingerprint density at radius 1 is 1.65 bits per heavy atom. The largest absolute Gasteiger partial charge is 0.376 e. The van der Waals surface area contributed by atoms with Gasteiger partial charge in [0.1, 0.15) is 0 Å². The van der Waals surface area contributed by atoms with Crippen molar-refractivity contribution >= 4 is 17.6 Å². The lowest BCUT2D eigenvalue weighted by Gasteiger charge is -2.23. The van der Waals surface area contributed by atoms with E-state index in [2.05, 4.69) is 15.2 Å². The van der Waals surface area contributed by atoms with Crippen LogP contribution in [0.25, 0.3) is 0 Å². The number of aryl methyl sites for hydroxylation is 1. The minimum atomic E-state index is 0.310. The first kappa shape index (κ1) is 15.2. The molecule has 1 aliphatic heterocycles. The molecule has 1 aliphatic rings. The van der Waals surface area contributed by atoms with Crippen molar-refractivity contribution in [2.45, 2.75) is 25.5 Å². The molecular weight excluding hydrogens is 276 g/mol. The van der Waals surface area contributed by atoms with Crippen LogP contribution < -0.4 is 5.32 Å². The van der Waals surface area contributed by atoms with Crippen LogP contribution in [0.3, 0.4) is 0 Å². The topological polar surface area (TPSA) is 41.8 Å². The maximum atomic E-state index is 6.01. The summed E-state index contributed by atoms with van der Waals surface area (Å²) in [6, 6.07) is 1.98. The van der Waals surface area contributed by atoms with Crippen LogP contribution in [-0.4, -0.2) is 48.8 Å². The highest BCUT2D eigenvalue weighted by atomic mass is 35.5. The van der Waals surface area contributed by atoms with Crippen molar-refractivity contribution in [1.82, 2.24) is 14.8 Å². The molecule has 2 rings (SSSR count). The summed E-state index contributed by atoms with van der Waals surface area (Å²) < 4.78 is 7.64. The number of aliphatic imine (C=N–C) groups is 1. The Bertz CT molecular complexity index is 466. The molecule has 112 valence electrons. The third kappa shape index (κ3) is 3.90. The predicted octanol–water partition coefficient (Wildman–Crippen LogP) is 1.86. The molecule has 1 fully saturated rings. The van der Waals surface area contributed by atoms with Crippen LogP contribution in [0.4, 0.5) is 0 Å². The summed E-state index contributed by atoms with van der Waals surface area (Å²) in [5.41, 5.74) is 1.15. The van der Waals surface area contributed by atoms with Gasteiger partial charge in [0.25, 0.3) is 0 Å². The molecule has 1 aromatic heterocycles. The Kier molecular flexibility index (Phi) is 5.31. The number of ether oxygens (including phenoxy) is 1. The highest BCUT2D eigenvalue weighted by Gasteiger charge is 2.17. The molecule has 0 amide bonds. The fourth-order valence-corrected chi connectivity index (χ4v) is 2.71. The van der Waals surface area contributed by atoms with E-state index in [0.29, 0.717) is 6.10 Å². The quantitative estimate of drug-likeness (QED) is 0.681. The molecule has 1 unspecified atom stereocenters. The molecule has 1 N–H and O–H groups in total. The van der Waals surface area contributed by atoms with Crippen molar-refractivity contribution in [2.75, 3.05) is 27.2 Å². The highest BCUT2D eigenvalue weighted by molar-refractivity contribution is 6.30. The average Bonchev–Trinajstić information content (AvgIpc) is 3.01. The van der Waals surface area contributed by atoms with Crippen LogP contribution in [-0.2, 0) is 18.3 Å². The van der Waals surface area contributed by atoms with Gasteiger partial charge in [0.2, 0.25) is 0 Å². The first-order valence-corrected chi connectivity index (χ1v) is 7.32. The van der Waals surface area contributed by atoms with Gasteiger partial charge in [-0.3, -0.25) is 4.99 Å². The fourth-order valence-electron chi connectivity index (χ4n) is 2.44. The lowest BCUT2D eigenvalue weighted by atomic mass is 10.2. The number of guanidine groups is 1. The molecular formula is C14H23ClN4O. The summed E-state index contributed by atoms with van der Waals surface area (Å²) in [4.78, 5) is 6.40. The van der Waals surface area contributed by atoms with Crippen molar-refractivity contribution < 1.29 is 4.74 Å². The number of nitrogens with one attached hydrogen (secondary N) is 1. The van der Waals surface area contributed by atoms with Crippen LogP contribution in [0.1, 0.15) is 18.5 Å². The summed E-state index contributed by atoms with van der Waals surface area (Å²) in [5, 5.41) is 4.13. The summed E-state index contributed by atoms with van der Waals surface area (Å²) in [7, 11) is 5.82. The number of aromatic nitrogens is 1. The van der Waals surface area contributed by atoms with E-state index in [1.807, 2.05) is 30.9 Å². The molecule has 0 aromatic carbocycles. The molecule has 0 saturated carbocycles. The first-order valence-electron chi connectivity index (χ1n) is 6.94. The number of halogens is 1. The molecule has 0 spiro atoms. The van der Waals surface area contributed by atoms with Gasteiger partial charge in [-0.15, -0.1) is 0 Å². The molecule has 0 radical (unpaired) electrons. The minimum absolute atomic E-state index is 0.310. The fraction of sp³-hybridized carbons (Fsp3) is 0.643. The van der Waals surface area contributed by atoms with E-state index in [-0.39, 0.29) is 0 Å². The summed E-state index contributed by atoms with van der Waals surface area (Å²) >= 11 is 6.01. The summed E-state index contributed by atoms with van der Waals surface area (Å²) in [6.45, 7) is 2.45.